The zero-order valence-electron chi connectivity index (χ0n) is 10.6. The van der Waals surface area contributed by atoms with Crippen molar-refractivity contribution in [1.29, 1.82) is 0 Å². The highest BCUT2D eigenvalue weighted by molar-refractivity contribution is 6.34. The van der Waals surface area contributed by atoms with Crippen LogP contribution in [0.15, 0.2) is 35.1 Å². The standard InChI is InChI=1S/C13H12ClN3O3/c1-15-13(19)8-2-3-11(10(14)6-8)16-12(18)7-9-4-5-20-17-9/h2-6H,7H2,1H3,(H,15,19)(H,16,18). The van der Waals surface area contributed by atoms with E-state index in [1.54, 1.807) is 18.2 Å². The lowest BCUT2D eigenvalue weighted by Gasteiger charge is -2.08. The lowest BCUT2D eigenvalue weighted by molar-refractivity contribution is -0.115. The molecule has 1 aromatic heterocycles. The highest BCUT2D eigenvalue weighted by Gasteiger charge is 2.11. The zero-order valence-corrected chi connectivity index (χ0v) is 11.4. The Kier molecular flexibility index (Phi) is 4.37. The molecule has 0 aliphatic carbocycles. The fourth-order valence-electron chi connectivity index (χ4n) is 1.59. The van der Waals surface area contributed by atoms with Crippen molar-refractivity contribution in [2.24, 2.45) is 0 Å². The Labute approximate surface area is 120 Å². The van der Waals surface area contributed by atoms with Gasteiger partial charge in [-0.25, -0.2) is 0 Å². The van der Waals surface area contributed by atoms with Crippen LogP contribution in [0.2, 0.25) is 5.02 Å². The van der Waals surface area contributed by atoms with Crippen LogP contribution in [0.5, 0.6) is 0 Å². The van der Waals surface area contributed by atoms with Gasteiger partial charge in [0.05, 0.1) is 22.8 Å². The first kappa shape index (κ1) is 14.1. The molecule has 0 atom stereocenters. The van der Waals surface area contributed by atoms with E-state index in [0.717, 1.165) is 0 Å². The summed E-state index contributed by atoms with van der Waals surface area (Å²) >= 11 is 6.03. The van der Waals surface area contributed by atoms with Gasteiger partial charge in [0.15, 0.2) is 0 Å². The van der Waals surface area contributed by atoms with Crippen LogP contribution in [0.25, 0.3) is 0 Å². The SMILES string of the molecule is CNC(=O)c1ccc(NC(=O)Cc2ccon2)c(Cl)c1. The molecule has 0 radical (unpaired) electrons. The predicted octanol–water partition coefficient (Wildman–Crippen LogP) is 1.87. The van der Waals surface area contributed by atoms with Crippen LogP contribution in [-0.4, -0.2) is 24.0 Å². The lowest BCUT2D eigenvalue weighted by atomic mass is 10.2. The first-order chi connectivity index (χ1) is 9.60. The van der Waals surface area contributed by atoms with Gasteiger partial charge in [-0.05, 0) is 18.2 Å². The molecule has 2 aromatic rings. The van der Waals surface area contributed by atoms with Crippen LogP contribution < -0.4 is 10.6 Å². The average Bonchev–Trinajstić information content (AvgIpc) is 2.93. The van der Waals surface area contributed by atoms with Gasteiger partial charge in [-0.1, -0.05) is 16.8 Å². The smallest absolute Gasteiger partial charge is 0.251 e. The quantitative estimate of drug-likeness (QED) is 0.901. The van der Waals surface area contributed by atoms with Crippen LogP contribution in [0, 0.1) is 0 Å². The van der Waals surface area contributed by atoms with Crippen molar-refractivity contribution in [2.75, 3.05) is 12.4 Å². The zero-order chi connectivity index (χ0) is 14.5. The van der Waals surface area contributed by atoms with E-state index in [4.69, 9.17) is 11.6 Å². The monoisotopic (exact) mass is 293 g/mol. The predicted molar refractivity (Wildman–Crippen MR) is 73.7 cm³/mol. The molecule has 0 saturated carbocycles. The number of nitrogens with one attached hydrogen (secondary N) is 2. The average molecular weight is 294 g/mol. The second-order valence-corrected chi connectivity index (χ2v) is 4.40. The minimum atomic E-state index is -0.270. The summed E-state index contributed by atoms with van der Waals surface area (Å²) < 4.78 is 4.64. The van der Waals surface area contributed by atoms with E-state index in [9.17, 15) is 9.59 Å². The minimum absolute atomic E-state index is 0.0873. The molecule has 0 aliphatic heterocycles. The number of aromatic nitrogens is 1. The normalized spacial score (nSPS) is 10.1. The largest absolute Gasteiger partial charge is 0.364 e. The van der Waals surface area contributed by atoms with Crippen molar-refractivity contribution in [1.82, 2.24) is 10.5 Å². The molecule has 104 valence electrons. The number of carbonyl (C=O) groups excluding carboxylic acids is 2. The summed E-state index contributed by atoms with van der Waals surface area (Å²) in [4.78, 5) is 23.2. The summed E-state index contributed by atoms with van der Waals surface area (Å²) in [6.07, 6.45) is 1.48. The molecule has 2 rings (SSSR count). The Morgan fingerprint density at radius 3 is 2.75 bits per heavy atom. The number of rotatable bonds is 4. The summed E-state index contributed by atoms with van der Waals surface area (Å²) in [6.45, 7) is 0. The van der Waals surface area contributed by atoms with E-state index >= 15 is 0 Å². The van der Waals surface area contributed by atoms with Gasteiger partial charge in [0, 0.05) is 18.7 Å². The van der Waals surface area contributed by atoms with Gasteiger partial charge in [-0.3, -0.25) is 9.59 Å². The van der Waals surface area contributed by atoms with Crippen LogP contribution in [0.4, 0.5) is 5.69 Å². The van der Waals surface area contributed by atoms with Gasteiger partial charge in [-0.2, -0.15) is 0 Å². The molecule has 0 bridgehead atoms. The Hall–Kier alpha value is -2.34. The molecule has 20 heavy (non-hydrogen) atoms. The van der Waals surface area contributed by atoms with Crippen LogP contribution in [0.1, 0.15) is 16.1 Å². The number of anilines is 1. The maximum atomic E-state index is 11.8. The van der Waals surface area contributed by atoms with Gasteiger partial charge in [0.1, 0.15) is 6.26 Å². The maximum Gasteiger partial charge on any atom is 0.251 e. The molecule has 0 unspecified atom stereocenters. The molecule has 2 N–H and O–H groups in total. The Balaban J connectivity index is 2.06. The molecule has 0 fully saturated rings. The first-order valence-corrected chi connectivity index (χ1v) is 6.18. The molecular formula is C13H12ClN3O3. The summed E-state index contributed by atoms with van der Waals surface area (Å²) in [7, 11) is 1.53. The van der Waals surface area contributed by atoms with E-state index in [1.165, 1.54) is 19.4 Å². The molecule has 1 aromatic carbocycles. The van der Waals surface area contributed by atoms with Crippen molar-refractivity contribution in [3.63, 3.8) is 0 Å². The van der Waals surface area contributed by atoms with E-state index in [2.05, 4.69) is 20.3 Å². The summed E-state index contributed by atoms with van der Waals surface area (Å²) in [6, 6.07) is 6.26. The van der Waals surface area contributed by atoms with Crippen molar-refractivity contribution < 1.29 is 14.1 Å². The number of carbonyl (C=O) groups is 2. The number of nitrogens with zero attached hydrogens (tertiary/aromatic N) is 1. The molecule has 7 heteroatoms. The topological polar surface area (TPSA) is 84.2 Å². The van der Waals surface area contributed by atoms with Gasteiger partial charge < -0.3 is 15.2 Å². The number of hydrogen-bond donors (Lipinski definition) is 2. The van der Waals surface area contributed by atoms with Crippen molar-refractivity contribution in [3.8, 4) is 0 Å². The second kappa shape index (κ2) is 6.21. The molecule has 0 aliphatic rings. The number of benzene rings is 1. The second-order valence-electron chi connectivity index (χ2n) is 3.99. The summed E-state index contributed by atoms with van der Waals surface area (Å²) in [5.41, 5.74) is 1.39. The van der Waals surface area contributed by atoms with Crippen molar-refractivity contribution >= 4 is 29.1 Å². The molecule has 0 saturated heterocycles. The Morgan fingerprint density at radius 2 is 2.15 bits per heavy atom. The lowest BCUT2D eigenvalue weighted by Crippen LogP contribution is -2.18. The summed E-state index contributed by atoms with van der Waals surface area (Å²) in [5, 5.41) is 9.08. The van der Waals surface area contributed by atoms with Gasteiger partial charge in [0.2, 0.25) is 5.91 Å². The summed E-state index contributed by atoms with van der Waals surface area (Å²) in [5.74, 6) is -0.513. The van der Waals surface area contributed by atoms with Crippen LogP contribution >= 0.6 is 11.6 Å². The van der Waals surface area contributed by atoms with Gasteiger partial charge in [-0.15, -0.1) is 0 Å². The molecule has 2 amide bonds. The van der Waals surface area contributed by atoms with Crippen molar-refractivity contribution in [3.05, 3.63) is 46.8 Å². The molecule has 0 spiro atoms. The van der Waals surface area contributed by atoms with Crippen LogP contribution in [-0.2, 0) is 11.2 Å². The van der Waals surface area contributed by atoms with Gasteiger partial charge >= 0.3 is 0 Å². The maximum absolute atomic E-state index is 11.8. The van der Waals surface area contributed by atoms with Gasteiger partial charge in [0.25, 0.3) is 5.91 Å². The fraction of sp³-hybridized carbons (Fsp3) is 0.154. The van der Waals surface area contributed by atoms with Crippen molar-refractivity contribution in [2.45, 2.75) is 6.42 Å². The number of hydrogen-bond acceptors (Lipinski definition) is 4. The minimum Gasteiger partial charge on any atom is -0.364 e. The fourth-order valence-corrected chi connectivity index (χ4v) is 1.82. The van der Waals surface area contributed by atoms with E-state index < -0.39 is 0 Å². The van der Waals surface area contributed by atoms with E-state index in [0.29, 0.717) is 22.0 Å². The highest BCUT2D eigenvalue weighted by Crippen LogP contribution is 2.23. The third-order valence-electron chi connectivity index (χ3n) is 2.57. The first-order valence-electron chi connectivity index (χ1n) is 5.81. The Bertz CT molecular complexity index is 626. The van der Waals surface area contributed by atoms with Crippen LogP contribution in [0.3, 0.4) is 0 Å². The third kappa shape index (κ3) is 3.36. The Morgan fingerprint density at radius 1 is 1.35 bits per heavy atom. The molecule has 1 heterocycles. The molecule has 6 nitrogen and oxygen atoms in total. The highest BCUT2D eigenvalue weighted by atomic mass is 35.5. The number of halogens is 1. The third-order valence-corrected chi connectivity index (χ3v) is 2.88. The van der Waals surface area contributed by atoms with E-state index in [1.807, 2.05) is 0 Å². The van der Waals surface area contributed by atoms with E-state index in [-0.39, 0.29) is 18.2 Å². The molecular weight excluding hydrogens is 282 g/mol. The number of amides is 2.